The number of nitrogens with zero attached hydrogens (tertiary/aromatic N) is 2. The van der Waals surface area contributed by atoms with Crippen LogP contribution in [0.25, 0.3) is 5.73 Å². The minimum atomic E-state index is -1.01. The molecule has 27 heavy (non-hydrogen) atoms. The number of rotatable bonds is 7. The summed E-state index contributed by atoms with van der Waals surface area (Å²) >= 11 is 0. The maximum absolute atomic E-state index is 12.2. The van der Waals surface area contributed by atoms with E-state index in [2.05, 4.69) is 15.3 Å². The second kappa shape index (κ2) is 9.63. The molecule has 1 aromatic heterocycles. The molecule has 1 amide bonds. The third-order valence-corrected chi connectivity index (χ3v) is 4.15. The first-order valence-electron chi connectivity index (χ1n) is 8.76. The molecule has 1 aromatic rings. The highest BCUT2D eigenvalue weighted by molar-refractivity contribution is 5.90. The van der Waals surface area contributed by atoms with E-state index in [0.29, 0.717) is 24.4 Å². The number of carboxylic acids is 1. The fraction of sp³-hybridized carbons (Fsp3) is 0.368. The van der Waals surface area contributed by atoms with E-state index >= 15 is 0 Å². The van der Waals surface area contributed by atoms with Gasteiger partial charge in [-0.05, 0) is 50.7 Å². The number of hydrogen-bond acceptors (Lipinski definition) is 5. The number of allylic oxidation sites excluding steroid dienone is 2. The van der Waals surface area contributed by atoms with E-state index in [9.17, 15) is 14.7 Å². The largest absolute Gasteiger partial charge is 0.702 e. The highest BCUT2D eigenvalue weighted by Gasteiger charge is 2.22. The van der Waals surface area contributed by atoms with Crippen molar-refractivity contribution in [2.45, 2.75) is 45.1 Å². The van der Waals surface area contributed by atoms with E-state index in [0.717, 1.165) is 18.4 Å². The van der Waals surface area contributed by atoms with E-state index in [1.807, 2.05) is 13.0 Å². The number of pyridine rings is 1. The van der Waals surface area contributed by atoms with Crippen LogP contribution >= 0.6 is 0 Å². The van der Waals surface area contributed by atoms with Crippen molar-refractivity contribution in [1.82, 2.24) is 10.3 Å². The van der Waals surface area contributed by atoms with Crippen molar-refractivity contribution in [3.63, 3.8) is 0 Å². The molecule has 144 valence electrons. The Hall–Kier alpha value is -3.00. The van der Waals surface area contributed by atoms with Crippen molar-refractivity contribution in [1.29, 1.82) is 0 Å². The Kier molecular flexibility index (Phi) is 7.25. The fourth-order valence-electron chi connectivity index (χ4n) is 2.66. The van der Waals surface area contributed by atoms with Gasteiger partial charge >= 0.3 is 5.97 Å². The molecule has 1 aliphatic rings. The van der Waals surface area contributed by atoms with E-state index in [4.69, 9.17) is 11.5 Å². The second-order valence-electron chi connectivity index (χ2n) is 6.43. The number of aryl methyl sites for hydroxylation is 1. The van der Waals surface area contributed by atoms with Gasteiger partial charge in [0.15, 0.2) is 5.82 Å². The lowest BCUT2D eigenvalue weighted by Gasteiger charge is -2.21. The number of nitrogens with one attached hydrogen (secondary N) is 2. The number of nitrogens with two attached hydrogens (primary N) is 1. The summed E-state index contributed by atoms with van der Waals surface area (Å²) in [5.74, 6) is -0.973. The van der Waals surface area contributed by atoms with E-state index < -0.39 is 17.9 Å². The van der Waals surface area contributed by atoms with Crippen LogP contribution in [0, 0.1) is 6.92 Å². The van der Waals surface area contributed by atoms with Crippen molar-refractivity contribution in [3.05, 3.63) is 52.7 Å². The predicted octanol–water partition coefficient (Wildman–Crippen LogP) is 2.77. The van der Waals surface area contributed by atoms with E-state index in [1.165, 1.54) is 12.3 Å². The van der Waals surface area contributed by atoms with E-state index in [-0.39, 0.29) is 17.7 Å². The summed E-state index contributed by atoms with van der Waals surface area (Å²) in [6.07, 6.45) is 7.19. The first-order valence-corrected chi connectivity index (χ1v) is 8.76. The van der Waals surface area contributed by atoms with Gasteiger partial charge in [0.25, 0.3) is 0 Å². The summed E-state index contributed by atoms with van der Waals surface area (Å²) in [5.41, 5.74) is 15.6. The molecule has 0 bridgehead atoms. The van der Waals surface area contributed by atoms with Gasteiger partial charge in [-0.2, -0.15) is 5.70 Å². The maximum Gasteiger partial charge on any atom is 0.333 e. The molecule has 8 heteroatoms. The number of carboxylic acid groups (broad SMARTS) is 1. The van der Waals surface area contributed by atoms with Gasteiger partial charge in [0.2, 0.25) is 5.91 Å². The number of aliphatic carboxylic acids is 1. The molecule has 1 aliphatic carbocycles. The number of amides is 1. The summed E-state index contributed by atoms with van der Waals surface area (Å²) < 4.78 is 0. The summed E-state index contributed by atoms with van der Waals surface area (Å²) in [5, 5.41) is 11.8. The first kappa shape index (κ1) is 20.3. The SMILES string of the molecule is Cc1ccc(N=C/C=C(\[NH-])CC(N)C(=O)NC2=C(C(=O)O)CCCC2)nc1. The number of hydrogen-bond donors (Lipinski definition) is 3. The van der Waals surface area contributed by atoms with E-state index in [1.54, 1.807) is 12.3 Å². The Morgan fingerprint density at radius 3 is 2.81 bits per heavy atom. The summed E-state index contributed by atoms with van der Waals surface area (Å²) in [6.45, 7) is 1.93. The van der Waals surface area contributed by atoms with Crippen LogP contribution in [0.3, 0.4) is 0 Å². The van der Waals surface area contributed by atoms with Gasteiger partial charge in [-0.15, -0.1) is 0 Å². The summed E-state index contributed by atoms with van der Waals surface area (Å²) in [4.78, 5) is 31.7. The molecular formula is C19H24N5O3-. The second-order valence-corrected chi connectivity index (χ2v) is 6.43. The Morgan fingerprint density at radius 2 is 2.15 bits per heavy atom. The molecular weight excluding hydrogens is 346 g/mol. The minimum Gasteiger partial charge on any atom is -0.702 e. The van der Waals surface area contributed by atoms with Crippen molar-refractivity contribution >= 4 is 23.9 Å². The van der Waals surface area contributed by atoms with Gasteiger partial charge in [-0.25, -0.2) is 14.8 Å². The monoisotopic (exact) mass is 370 g/mol. The molecule has 0 saturated heterocycles. The highest BCUT2D eigenvalue weighted by atomic mass is 16.4. The predicted molar refractivity (Wildman–Crippen MR) is 103 cm³/mol. The number of aliphatic imine (C=N–C) groups is 1. The van der Waals surface area contributed by atoms with Gasteiger partial charge < -0.3 is 21.9 Å². The van der Waals surface area contributed by atoms with Crippen LogP contribution in [0.5, 0.6) is 0 Å². The molecule has 0 aromatic carbocycles. The molecule has 1 unspecified atom stereocenters. The van der Waals surface area contributed by atoms with Crippen LogP contribution in [-0.2, 0) is 9.59 Å². The third kappa shape index (κ3) is 6.34. The molecule has 8 nitrogen and oxygen atoms in total. The Balaban J connectivity index is 1.92. The molecule has 5 N–H and O–H groups in total. The zero-order valence-electron chi connectivity index (χ0n) is 15.2. The van der Waals surface area contributed by atoms with Crippen LogP contribution in [0.2, 0.25) is 0 Å². The highest BCUT2D eigenvalue weighted by Crippen LogP contribution is 2.23. The third-order valence-electron chi connectivity index (χ3n) is 4.15. The van der Waals surface area contributed by atoms with Gasteiger partial charge in [-0.3, -0.25) is 4.79 Å². The van der Waals surface area contributed by atoms with Gasteiger partial charge in [-0.1, -0.05) is 12.1 Å². The average Bonchev–Trinajstić information content (AvgIpc) is 2.63. The fourth-order valence-corrected chi connectivity index (χ4v) is 2.66. The molecule has 0 spiro atoms. The summed E-state index contributed by atoms with van der Waals surface area (Å²) in [7, 11) is 0. The lowest BCUT2D eigenvalue weighted by Crippen LogP contribution is -2.41. The number of aromatic nitrogens is 1. The molecule has 1 atom stereocenters. The standard InChI is InChI=1S/C19H25N5O3/c1-12-6-7-17(23-11-12)22-9-8-13(20)10-15(21)18(25)24-16-5-3-2-4-14(16)19(26)27/h6-9,11,15H,2-5,10,21H2,1H3,(H4,20,22,23,24,25,26,27)/p-1. The van der Waals surface area contributed by atoms with Crippen molar-refractivity contribution in [2.24, 2.45) is 10.7 Å². The average molecular weight is 370 g/mol. The Bertz CT molecular complexity index is 781. The lowest BCUT2D eigenvalue weighted by atomic mass is 9.96. The number of carbonyl (C=O) groups is 2. The van der Waals surface area contributed by atoms with Crippen LogP contribution in [-0.4, -0.2) is 34.2 Å². The van der Waals surface area contributed by atoms with Crippen molar-refractivity contribution < 1.29 is 14.7 Å². The first-order chi connectivity index (χ1) is 12.9. The Morgan fingerprint density at radius 1 is 1.41 bits per heavy atom. The zero-order chi connectivity index (χ0) is 19.8. The smallest absolute Gasteiger partial charge is 0.333 e. The quantitative estimate of drug-likeness (QED) is 0.633. The number of carbonyl (C=O) groups excluding carboxylic acids is 1. The van der Waals surface area contributed by atoms with Gasteiger partial charge in [0.1, 0.15) is 0 Å². The van der Waals surface area contributed by atoms with Crippen molar-refractivity contribution in [2.75, 3.05) is 0 Å². The molecule has 0 saturated carbocycles. The molecule has 0 radical (unpaired) electrons. The van der Waals surface area contributed by atoms with Crippen LogP contribution < -0.4 is 11.1 Å². The molecule has 1 heterocycles. The van der Waals surface area contributed by atoms with Crippen molar-refractivity contribution in [3.8, 4) is 0 Å². The van der Waals surface area contributed by atoms with Crippen LogP contribution in [0.15, 0.2) is 46.4 Å². The molecule has 2 rings (SSSR count). The maximum atomic E-state index is 12.2. The molecule has 0 aliphatic heterocycles. The molecule has 0 fully saturated rings. The van der Waals surface area contributed by atoms with Crippen LogP contribution in [0.4, 0.5) is 5.82 Å². The minimum absolute atomic E-state index is 0.0227. The lowest BCUT2D eigenvalue weighted by molar-refractivity contribution is -0.133. The van der Waals surface area contributed by atoms with Gasteiger partial charge in [0, 0.05) is 18.1 Å². The Labute approximate surface area is 158 Å². The summed E-state index contributed by atoms with van der Waals surface area (Å²) in [6, 6.07) is 2.71. The van der Waals surface area contributed by atoms with Crippen LogP contribution in [0.1, 0.15) is 37.7 Å². The normalized spacial score (nSPS) is 16.4. The van der Waals surface area contributed by atoms with Gasteiger partial charge in [0.05, 0.1) is 11.6 Å². The zero-order valence-corrected chi connectivity index (χ0v) is 15.2. The topological polar surface area (TPSA) is 141 Å².